The average molecular weight is 404 g/mol. The molecule has 1 unspecified atom stereocenters. The number of hydrogen-bond donors (Lipinski definition) is 2. The van der Waals surface area contributed by atoms with Crippen LogP contribution in [0.15, 0.2) is 48.2 Å². The zero-order chi connectivity index (χ0) is 21.1. The second-order valence-corrected chi connectivity index (χ2v) is 8.74. The van der Waals surface area contributed by atoms with E-state index in [0.717, 1.165) is 31.1 Å². The maximum absolute atomic E-state index is 11.9. The number of rotatable bonds is 6. The fourth-order valence-electron chi connectivity index (χ4n) is 4.89. The number of nitrogen functional groups attached to an aromatic ring is 1. The lowest BCUT2D eigenvalue weighted by Gasteiger charge is -2.35. The smallest absolute Gasteiger partial charge is 0.162 e. The lowest BCUT2D eigenvalue weighted by atomic mass is 9.84. The first kappa shape index (κ1) is 20.5. The maximum Gasteiger partial charge on any atom is 0.162 e. The van der Waals surface area contributed by atoms with Gasteiger partial charge in [-0.15, -0.1) is 0 Å². The minimum Gasteiger partial charge on any atom is -0.398 e. The SMILES string of the molecule is CCC(=O)c1ccc(C=C(C)N2CCC(CC3CNc4ccccc43)CC2)c(N)c1. The number of ketones is 1. The summed E-state index contributed by atoms with van der Waals surface area (Å²) in [5.41, 5.74) is 12.7. The summed E-state index contributed by atoms with van der Waals surface area (Å²) in [6.07, 6.45) is 6.42. The number of allylic oxidation sites excluding steroid dienone is 1. The van der Waals surface area contributed by atoms with Crippen LogP contribution in [0.1, 0.15) is 66.9 Å². The summed E-state index contributed by atoms with van der Waals surface area (Å²) >= 11 is 0. The number of nitrogens with two attached hydrogens (primary N) is 1. The van der Waals surface area contributed by atoms with Gasteiger partial charge in [-0.05, 0) is 61.4 Å². The highest BCUT2D eigenvalue weighted by Gasteiger charge is 2.27. The molecule has 2 aromatic carbocycles. The summed E-state index contributed by atoms with van der Waals surface area (Å²) < 4.78 is 0. The van der Waals surface area contributed by atoms with E-state index in [-0.39, 0.29) is 5.78 Å². The molecule has 0 amide bonds. The molecule has 4 heteroatoms. The van der Waals surface area contributed by atoms with Crippen LogP contribution < -0.4 is 11.1 Å². The average Bonchev–Trinajstić information content (AvgIpc) is 3.18. The number of carbonyl (C=O) groups excluding carboxylic acids is 1. The van der Waals surface area contributed by atoms with Crippen molar-refractivity contribution in [3.63, 3.8) is 0 Å². The van der Waals surface area contributed by atoms with Gasteiger partial charge in [0.25, 0.3) is 0 Å². The van der Waals surface area contributed by atoms with E-state index in [4.69, 9.17) is 5.73 Å². The molecule has 2 heterocycles. The Hall–Kier alpha value is -2.75. The van der Waals surface area contributed by atoms with Crippen LogP contribution >= 0.6 is 0 Å². The van der Waals surface area contributed by atoms with Gasteiger partial charge >= 0.3 is 0 Å². The molecular formula is C26H33N3O. The molecule has 1 atom stereocenters. The normalized spacial score (nSPS) is 19.5. The number of para-hydroxylation sites is 1. The van der Waals surface area contributed by atoms with Crippen LogP contribution in [0.2, 0.25) is 0 Å². The Morgan fingerprint density at radius 2 is 1.97 bits per heavy atom. The highest BCUT2D eigenvalue weighted by molar-refractivity contribution is 5.97. The topological polar surface area (TPSA) is 58.4 Å². The standard InChI is InChI=1S/C26H33N3O/c1-3-26(30)21-9-8-20(24(27)16-21)14-18(2)29-12-10-19(11-13-29)15-22-17-28-25-7-5-4-6-23(22)25/h4-9,14,16,19,22,28H,3,10-13,15,17,27H2,1-2H3. The number of anilines is 2. The number of nitrogens with zero attached hydrogens (tertiary/aromatic N) is 1. The molecule has 0 spiro atoms. The van der Waals surface area contributed by atoms with Crippen LogP contribution in [0.4, 0.5) is 11.4 Å². The van der Waals surface area contributed by atoms with Gasteiger partial charge in [0.1, 0.15) is 0 Å². The monoisotopic (exact) mass is 403 g/mol. The van der Waals surface area contributed by atoms with E-state index in [1.165, 1.54) is 36.2 Å². The third-order valence-electron chi connectivity index (χ3n) is 6.76. The van der Waals surface area contributed by atoms with Crippen molar-refractivity contribution < 1.29 is 4.79 Å². The fraction of sp³-hybridized carbons (Fsp3) is 0.423. The lowest BCUT2D eigenvalue weighted by molar-refractivity contribution is 0.0988. The van der Waals surface area contributed by atoms with E-state index in [9.17, 15) is 4.79 Å². The van der Waals surface area contributed by atoms with Gasteiger partial charge in [-0.1, -0.05) is 37.3 Å². The van der Waals surface area contributed by atoms with Crippen molar-refractivity contribution in [2.24, 2.45) is 5.92 Å². The summed E-state index contributed by atoms with van der Waals surface area (Å²) in [6, 6.07) is 14.4. The van der Waals surface area contributed by atoms with Gasteiger partial charge in [0.2, 0.25) is 0 Å². The van der Waals surface area contributed by atoms with Crippen molar-refractivity contribution in [1.82, 2.24) is 4.90 Å². The molecule has 0 aromatic heterocycles. The fourth-order valence-corrected chi connectivity index (χ4v) is 4.89. The molecule has 0 saturated carbocycles. The number of Topliss-reactive ketones (excluding diaryl/α,β-unsaturated/α-hetero) is 1. The number of fused-ring (bicyclic) bond motifs is 1. The molecule has 4 nitrogen and oxygen atoms in total. The number of carbonyl (C=O) groups is 1. The molecule has 30 heavy (non-hydrogen) atoms. The molecule has 1 saturated heterocycles. The molecule has 2 aliphatic heterocycles. The Labute approximate surface area is 180 Å². The van der Waals surface area contributed by atoms with Crippen LogP contribution in [0.3, 0.4) is 0 Å². The van der Waals surface area contributed by atoms with Gasteiger partial charge in [0, 0.05) is 54.6 Å². The summed E-state index contributed by atoms with van der Waals surface area (Å²) in [6.45, 7) is 7.32. The highest BCUT2D eigenvalue weighted by Crippen LogP contribution is 2.38. The Balaban J connectivity index is 1.34. The third-order valence-corrected chi connectivity index (χ3v) is 6.76. The molecule has 158 valence electrons. The second kappa shape index (κ2) is 8.95. The zero-order valence-electron chi connectivity index (χ0n) is 18.2. The highest BCUT2D eigenvalue weighted by atomic mass is 16.1. The molecule has 1 fully saturated rings. The predicted molar refractivity (Wildman–Crippen MR) is 126 cm³/mol. The van der Waals surface area contributed by atoms with Gasteiger partial charge in [0.05, 0.1) is 0 Å². The predicted octanol–water partition coefficient (Wildman–Crippen LogP) is 5.53. The Kier molecular flexibility index (Phi) is 6.12. The van der Waals surface area contributed by atoms with Crippen molar-refractivity contribution in [3.8, 4) is 0 Å². The van der Waals surface area contributed by atoms with Crippen LogP contribution in [0.25, 0.3) is 6.08 Å². The van der Waals surface area contributed by atoms with E-state index >= 15 is 0 Å². The number of likely N-dealkylation sites (tertiary alicyclic amines) is 1. The Morgan fingerprint density at radius 1 is 1.20 bits per heavy atom. The van der Waals surface area contributed by atoms with Crippen LogP contribution in [0.5, 0.6) is 0 Å². The Morgan fingerprint density at radius 3 is 2.70 bits per heavy atom. The second-order valence-electron chi connectivity index (χ2n) is 8.74. The number of hydrogen-bond acceptors (Lipinski definition) is 4. The molecule has 0 radical (unpaired) electrons. The number of benzene rings is 2. The van der Waals surface area contributed by atoms with Gasteiger partial charge in [0.15, 0.2) is 5.78 Å². The number of nitrogens with one attached hydrogen (secondary N) is 1. The van der Waals surface area contributed by atoms with Gasteiger partial charge in [-0.2, -0.15) is 0 Å². The third kappa shape index (κ3) is 4.38. The molecule has 2 aliphatic rings. The maximum atomic E-state index is 11.9. The molecule has 2 aromatic rings. The lowest BCUT2D eigenvalue weighted by Crippen LogP contribution is -2.33. The molecule has 0 bridgehead atoms. The van der Waals surface area contributed by atoms with E-state index < -0.39 is 0 Å². The largest absolute Gasteiger partial charge is 0.398 e. The molecule has 0 aliphatic carbocycles. The first-order chi connectivity index (χ1) is 14.5. The van der Waals surface area contributed by atoms with Crippen LogP contribution in [-0.4, -0.2) is 30.3 Å². The minimum atomic E-state index is 0.135. The van der Waals surface area contributed by atoms with Crippen molar-refractivity contribution in [2.75, 3.05) is 30.7 Å². The summed E-state index contributed by atoms with van der Waals surface area (Å²) in [5, 5.41) is 3.56. The van der Waals surface area contributed by atoms with Gasteiger partial charge in [-0.3, -0.25) is 4.79 Å². The van der Waals surface area contributed by atoms with Crippen molar-refractivity contribution in [2.45, 2.75) is 45.4 Å². The first-order valence-electron chi connectivity index (χ1n) is 11.2. The van der Waals surface area contributed by atoms with Crippen molar-refractivity contribution >= 4 is 23.2 Å². The molecule has 3 N–H and O–H groups in total. The van der Waals surface area contributed by atoms with Crippen molar-refractivity contribution in [1.29, 1.82) is 0 Å². The first-order valence-corrected chi connectivity index (χ1v) is 11.2. The quantitative estimate of drug-likeness (QED) is 0.491. The van der Waals surface area contributed by atoms with E-state index in [2.05, 4.69) is 47.5 Å². The zero-order valence-corrected chi connectivity index (χ0v) is 18.2. The number of piperidine rings is 1. The van der Waals surface area contributed by atoms with Gasteiger partial charge < -0.3 is 16.0 Å². The van der Waals surface area contributed by atoms with Crippen molar-refractivity contribution in [3.05, 3.63) is 64.9 Å². The van der Waals surface area contributed by atoms with Gasteiger partial charge in [-0.25, -0.2) is 0 Å². The summed E-state index contributed by atoms with van der Waals surface area (Å²) in [4.78, 5) is 14.4. The minimum absolute atomic E-state index is 0.135. The van der Waals surface area contributed by atoms with E-state index in [1.54, 1.807) is 0 Å². The molecular weight excluding hydrogens is 370 g/mol. The van der Waals surface area contributed by atoms with E-state index in [1.807, 2.05) is 25.1 Å². The van der Waals surface area contributed by atoms with E-state index in [0.29, 0.717) is 23.6 Å². The summed E-state index contributed by atoms with van der Waals surface area (Å²) in [5.74, 6) is 1.58. The summed E-state index contributed by atoms with van der Waals surface area (Å²) in [7, 11) is 0. The Bertz CT molecular complexity index is 941. The molecule has 4 rings (SSSR count). The van der Waals surface area contributed by atoms with Crippen LogP contribution in [-0.2, 0) is 0 Å². The van der Waals surface area contributed by atoms with Crippen LogP contribution in [0, 0.1) is 5.92 Å².